The Morgan fingerprint density at radius 1 is 1.23 bits per heavy atom. The second-order valence-electron chi connectivity index (χ2n) is 2.47. The van der Waals surface area contributed by atoms with Crippen molar-refractivity contribution in [2.75, 3.05) is 0 Å². The van der Waals surface area contributed by atoms with Gasteiger partial charge in [-0.05, 0) is 12.1 Å². The van der Waals surface area contributed by atoms with Crippen molar-refractivity contribution in [1.29, 1.82) is 0 Å². The molecule has 1 aromatic carbocycles. The molecule has 0 atom stereocenters. The van der Waals surface area contributed by atoms with Crippen LogP contribution >= 0.6 is 0 Å². The highest BCUT2D eigenvalue weighted by atomic mass is 19.4. The molecule has 0 radical (unpaired) electrons. The number of carbonyl (C=O) groups excluding carboxylic acids is 1. The molecule has 6 heteroatoms. The monoisotopic (exact) mass is 191 g/mol. The Morgan fingerprint density at radius 2 is 1.85 bits per heavy atom. The van der Waals surface area contributed by atoms with Gasteiger partial charge in [0.25, 0.3) is 0 Å². The van der Waals surface area contributed by atoms with E-state index in [1.165, 1.54) is 0 Å². The van der Waals surface area contributed by atoms with E-state index >= 15 is 0 Å². The highest BCUT2D eigenvalue weighted by Gasteiger charge is 2.28. The van der Waals surface area contributed by atoms with E-state index in [-0.39, 0.29) is 11.8 Å². The molecule has 0 aliphatic rings. The normalized spacial score (nSPS) is 11.4. The number of hydrogen-bond donors (Lipinski definition) is 0. The predicted octanol–water partition coefficient (Wildman–Crippen LogP) is 1.69. The van der Waals surface area contributed by atoms with E-state index in [9.17, 15) is 22.1 Å². The van der Waals surface area contributed by atoms with Crippen LogP contribution in [-0.4, -0.2) is 13.3 Å². The molecule has 0 aliphatic heterocycles. The van der Waals surface area contributed by atoms with Crippen LogP contribution in [0.25, 0.3) is 0 Å². The Balaban J connectivity index is 3.27. The number of aldehydes is 1. The lowest BCUT2D eigenvalue weighted by atomic mass is 9.79. The quantitative estimate of drug-likeness (QED) is 0.394. The lowest BCUT2D eigenvalue weighted by Gasteiger charge is -2.15. The molecular formula is C7H4BF4O-. The minimum absolute atomic E-state index is 0.185. The molecule has 0 bridgehead atoms. The standard InChI is InChI=1S/C7H4BF4O/c9-7-2-1-5(4-13)3-6(7)8(10,11)12/h1-4H/q-1. The van der Waals surface area contributed by atoms with Crippen molar-refractivity contribution in [3.05, 3.63) is 29.6 Å². The summed E-state index contributed by atoms with van der Waals surface area (Å²) in [5.41, 5.74) is -1.54. The van der Waals surface area contributed by atoms with Gasteiger partial charge >= 0.3 is 6.98 Å². The minimum Gasteiger partial charge on any atom is -0.445 e. The third kappa shape index (κ3) is 2.08. The van der Waals surface area contributed by atoms with Gasteiger partial charge in [-0.15, -0.1) is 0 Å². The number of rotatable bonds is 2. The van der Waals surface area contributed by atoms with Gasteiger partial charge in [0.05, 0.1) is 5.82 Å². The van der Waals surface area contributed by atoms with Gasteiger partial charge in [-0.3, -0.25) is 4.79 Å². The summed E-state index contributed by atoms with van der Waals surface area (Å²) >= 11 is 0. The third-order valence-corrected chi connectivity index (χ3v) is 1.51. The second kappa shape index (κ2) is 3.20. The summed E-state index contributed by atoms with van der Waals surface area (Å²) in [5.74, 6) is -1.35. The van der Waals surface area contributed by atoms with Crippen LogP contribution in [0.15, 0.2) is 18.2 Å². The van der Waals surface area contributed by atoms with Gasteiger partial charge in [0.15, 0.2) is 0 Å². The van der Waals surface area contributed by atoms with E-state index in [1.807, 2.05) is 0 Å². The van der Waals surface area contributed by atoms with Gasteiger partial charge in [0.1, 0.15) is 6.29 Å². The van der Waals surface area contributed by atoms with E-state index in [1.54, 1.807) is 0 Å². The Labute approximate surface area is 71.4 Å². The summed E-state index contributed by atoms with van der Waals surface area (Å²) in [5, 5.41) is 0. The zero-order valence-electron chi connectivity index (χ0n) is 6.31. The molecule has 0 fully saturated rings. The molecule has 0 heterocycles. The Morgan fingerprint density at radius 3 is 2.31 bits per heavy atom. The molecule has 0 aliphatic carbocycles. The van der Waals surface area contributed by atoms with Crippen molar-refractivity contribution in [3.8, 4) is 0 Å². The van der Waals surface area contributed by atoms with Crippen LogP contribution in [0.1, 0.15) is 10.4 Å². The van der Waals surface area contributed by atoms with Crippen LogP contribution in [0.3, 0.4) is 0 Å². The van der Waals surface area contributed by atoms with E-state index < -0.39 is 18.3 Å². The molecule has 0 N–H and O–H groups in total. The van der Waals surface area contributed by atoms with Gasteiger partial charge in [-0.1, -0.05) is 11.5 Å². The summed E-state index contributed by atoms with van der Waals surface area (Å²) in [7, 11) is 0. The van der Waals surface area contributed by atoms with Crippen LogP contribution in [0, 0.1) is 5.82 Å². The van der Waals surface area contributed by atoms with Crippen molar-refractivity contribution in [3.63, 3.8) is 0 Å². The van der Waals surface area contributed by atoms with Gasteiger partial charge in [0, 0.05) is 5.56 Å². The topological polar surface area (TPSA) is 17.1 Å². The molecular weight excluding hydrogens is 187 g/mol. The summed E-state index contributed by atoms with van der Waals surface area (Å²) in [6.07, 6.45) is 0.241. The average Bonchev–Trinajstić information content (AvgIpc) is 2.03. The fourth-order valence-electron chi connectivity index (χ4n) is 0.886. The van der Waals surface area contributed by atoms with Crippen molar-refractivity contribution in [2.45, 2.75) is 0 Å². The zero-order chi connectivity index (χ0) is 10.1. The van der Waals surface area contributed by atoms with Crippen LogP contribution in [0.5, 0.6) is 0 Å². The first kappa shape index (κ1) is 9.76. The second-order valence-corrected chi connectivity index (χ2v) is 2.47. The Hall–Kier alpha value is -1.33. The van der Waals surface area contributed by atoms with Crippen LogP contribution in [0.4, 0.5) is 17.3 Å². The highest BCUT2D eigenvalue weighted by Crippen LogP contribution is 2.12. The molecule has 0 saturated carbocycles. The first-order valence-corrected chi connectivity index (χ1v) is 3.39. The van der Waals surface area contributed by atoms with Crippen LogP contribution < -0.4 is 5.46 Å². The zero-order valence-corrected chi connectivity index (χ0v) is 6.31. The van der Waals surface area contributed by atoms with E-state index in [4.69, 9.17) is 0 Å². The van der Waals surface area contributed by atoms with Crippen molar-refractivity contribution < 1.29 is 22.1 Å². The average molecular weight is 191 g/mol. The summed E-state index contributed by atoms with van der Waals surface area (Å²) in [6.45, 7) is -5.39. The molecule has 1 aromatic rings. The summed E-state index contributed by atoms with van der Waals surface area (Å²) < 4.78 is 48.8. The maximum absolute atomic E-state index is 12.6. The molecule has 0 aromatic heterocycles. The van der Waals surface area contributed by atoms with Gasteiger partial charge in [0.2, 0.25) is 0 Å². The lowest BCUT2D eigenvalue weighted by Crippen LogP contribution is -2.36. The van der Waals surface area contributed by atoms with Crippen molar-refractivity contribution >= 4 is 18.7 Å². The molecule has 1 rings (SSSR count). The molecule has 0 spiro atoms. The highest BCUT2D eigenvalue weighted by molar-refractivity contribution is 6.73. The molecule has 13 heavy (non-hydrogen) atoms. The SMILES string of the molecule is O=Cc1ccc(F)c([B-](F)(F)F)c1. The molecule has 1 nitrogen and oxygen atoms in total. The molecule has 0 saturated heterocycles. The van der Waals surface area contributed by atoms with Gasteiger partial charge < -0.3 is 12.9 Å². The first-order chi connectivity index (χ1) is 5.95. The largest absolute Gasteiger partial charge is 0.512 e. The molecule has 0 amide bonds. The first-order valence-electron chi connectivity index (χ1n) is 3.39. The van der Waals surface area contributed by atoms with Gasteiger partial charge in [-0.2, -0.15) is 0 Å². The Kier molecular flexibility index (Phi) is 2.40. The van der Waals surface area contributed by atoms with E-state index in [0.717, 1.165) is 6.07 Å². The maximum atomic E-state index is 12.6. The lowest BCUT2D eigenvalue weighted by molar-refractivity contribution is 0.112. The smallest absolute Gasteiger partial charge is 0.445 e. The van der Waals surface area contributed by atoms with E-state index in [2.05, 4.69) is 0 Å². The summed E-state index contributed by atoms with van der Waals surface area (Å²) in [4.78, 5) is 10.1. The van der Waals surface area contributed by atoms with Crippen LogP contribution in [-0.2, 0) is 0 Å². The fourth-order valence-corrected chi connectivity index (χ4v) is 0.886. The number of carbonyl (C=O) groups is 1. The maximum Gasteiger partial charge on any atom is 0.512 e. The minimum atomic E-state index is -5.39. The predicted molar refractivity (Wildman–Crippen MR) is 40.5 cm³/mol. The molecule has 0 unspecified atom stereocenters. The number of hydrogen-bond acceptors (Lipinski definition) is 1. The van der Waals surface area contributed by atoms with E-state index in [0.29, 0.717) is 12.1 Å². The van der Waals surface area contributed by atoms with Crippen molar-refractivity contribution in [2.24, 2.45) is 0 Å². The van der Waals surface area contributed by atoms with Gasteiger partial charge in [-0.25, -0.2) is 4.39 Å². The number of halogens is 4. The van der Waals surface area contributed by atoms with Crippen LogP contribution in [0.2, 0.25) is 0 Å². The Bertz CT molecular complexity index is 334. The van der Waals surface area contributed by atoms with Crippen molar-refractivity contribution in [1.82, 2.24) is 0 Å². The fraction of sp³-hybridized carbons (Fsp3) is 0. The molecule has 70 valence electrons. The number of benzene rings is 1. The summed E-state index contributed by atoms with van der Waals surface area (Å²) in [6, 6.07) is 2.13. The third-order valence-electron chi connectivity index (χ3n) is 1.51.